The number of rotatable bonds is 4. The number of imidazole rings is 1. The van der Waals surface area contributed by atoms with Gasteiger partial charge in [-0.15, -0.1) is 0 Å². The number of carbonyl (C=O) groups is 1. The van der Waals surface area contributed by atoms with E-state index in [1.165, 1.54) is 12.1 Å². The molecule has 0 unspecified atom stereocenters. The molecule has 0 radical (unpaired) electrons. The van der Waals surface area contributed by atoms with E-state index in [0.29, 0.717) is 25.3 Å². The van der Waals surface area contributed by atoms with E-state index in [0.717, 1.165) is 39.3 Å². The van der Waals surface area contributed by atoms with Crippen LogP contribution in [-0.4, -0.2) is 47.6 Å². The van der Waals surface area contributed by atoms with E-state index in [-0.39, 0.29) is 10.8 Å². The highest BCUT2D eigenvalue weighted by Gasteiger charge is 2.23. The molecule has 0 aliphatic carbocycles. The van der Waals surface area contributed by atoms with Gasteiger partial charge in [0.1, 0.15) is 18.2 Å². The summed E-state index contributed by atoms with van der Waals surface area (Å²) in [5, 5.41) is -0.518. The van der Waals surface area contributed by atoms with Crippen molar-refractivity contribution in [3.8, 4) is 16.9 Å². The largest absolute Gasteiger partial charge is 0.491 e. The SMILES string of the molecule is Cc1nc2ccc(-c3ccc4c(c3)CN(C(=O)c3ccc(S(=O)(=O)C(C)C)cc3)CCO4)cc2[nH]1. The number of hydrogen-bond acceptors (Lipinski definition) is 5. The number of H-pyrrole nitrogens is 1. The fourth-order valence-electron chi connectivity index (χ4n) is 4.31. The maximum absolute atomic E-state index is 13.3. The predicted molar refractivity (Wildman–Crippen MR) is 135 cm³/mol. The van der Waals surface area contributed by atoms with Gasteiger partial charge in [0.15, 0.2) is 9.84 Å². The van der Waals surface area contributed by atoms with Gasteiger partial charge in [-0.05, 0) is 80.4 Å². The molecule has 1 aromatic heterocycles. The molecular weight excluding hydrogens is 462 g/mol. The highest BCUT2D eigenvalue weighted by Crippen LogP contribution is 2.31. The van der Waals surface area contributed by atoms with Gasteiger partial charge in [-0.25, -0.2) is 13.4 Å². The molecule has 3 aromatic carbocycles. The standard InChI is InChI=1S/C27H27N3O4S/c1-17(2)35(32,33)23-8-4-19(5-9-23)27(31)30-12-13-34-26-11-7-20(14-22(26)16-30)21-6-10-24-25(15-21)29-18(3)28-24/h4-11,14-15,17H,12-13,16H2,1-3H3,(H,28,29). The molecule has 0 saturated carbocycles. The van der Waals surface area contributed by atoms with Crippen molar-refractivity contribution in [1.82, 2.24) is 14.9 Å². The average molecular weight is 490 g/mol. The molecule has 0 fully saturated rings. The van der Waals surface area contributed by atoms with Crippen molar-refractivity contribution in [1.29, 1.82) is 0 Å². The molecule has 4 aromatic rings. The van der Waals surface area contributed by atoms with Gasteiger partial charge in [-0.1, -0.05) is 12.1 Å². The monoisotopic (exact) mass is 489 g/mol. The third-order valence-corrected chi connectivity index (χ3v) is 8.48. The summed E-state index contributed by atoms with van der Waals surface area (Å²) in [5.74, 6) is 1.48. The van der Waals surface area contributed by atoms with Crippen LogP contribution in [0.5, 0.6) is 5.75 Å². The van der Waals surface area contributed by atoms with E-state index in [1.807, 2.05) is 31.2 Å². The Balaban J connectivity index is 1.41. The Hall–Kier alpha value is -3.65. The van der Waals surface area contributed by atoms with Crippen LogP contribution in [0.15, 0.2) is 65.6 Å². The van der Waals surface area contributed by atoms with Gasteiger partial charge in [0.2, 0.25) is 0 Å². The molecule has 1 amide bonds. The van der Waals surface area contributed by atoms with E-state index in [4.69, 9.17) is 4.74 Å². The zero-order valence-corrected chi connectivity index (χ0v) is 20.7. The van der Waals surface area contributed by atoms with E-state index in [9.17, 15) is 13.2 Å². The first kappa shape index (κ1) is 23.1. The van der Waals surface area contributed by atoms with E-state index >= 15 is 0 Å². The lowest BCUT2D eigenvalue weighted by atomic mass is 10.0. The molecule has 0 spiro atoms. The number of carbonyl (C=O) groups excluding carboxylic acids is 1. The molecule has 0 atom stereocenters. The van der Waals surface area contributed by atoms with Crippen LogP contribution in [0.2, 0.25) is 0 Å². The van der Waals surface area contributed by atoms with Gasteiger partial charge in [0, 0.05) is 17.7 Å². The maximum atomic E-state index is 13.3. The molecule has 5 rings (SSSR count). The number of hydrogen-bond donors (Lipinski definition) is 1. The number of aromatic nitrogens is 2. The number of aryl methyl sites for hydroxylation is 1. The summed E-state index contributed by atoms with van der Waals surface area (Å²) >= 11 is 0. The molecule has 8 heteroatoms. The summed E-state index contributed by atoms with van der Waals surface area (Å²) in [5.41, 5.74) is 5.35. The minimum atomic E-state index is -3.38. The lowest BCUT2D eigenvalue weighted by Crippen LogP contribution is -2.32. The number of fused-ring (bicyclic) bond motifs is 2. The second-order valence-electron chi connectivity index (χ2n) is 9.07. The molecule has 0 bridgehead atoms. The first-order valence-corrected chi connectivity index (χ1v) is 13.1. The van der Waals surface area contributed by atoms with Gasteiger partial charge in [-0.3, -0.25) is 4.79 Å². The molecule has 7 nitrogen and oxygen atoms in total. The number of nitrogens with zero attached hydrogens (tertiary/aromatic N) is 2. The van der Waals surface area contributed by atoms with Crippen molar-refractivity contribution in [3.63, 3.8) is 0 Å². The third-order valence-electron chi connectivity index (χ3n) is 6.31. The van der Waals surface area contributed by atoms with Gasteiger partial charge >= 0.3 is 0 Å². The second-order valence-corrected chi connectivity index (χ2v) is 11.6. The number of aromatic amines is 1. The van der Waals surface area contributed by atoms with Crippen LogP contribution in [0.4, 0.5) is 0 Å². The molecule has 2 heterocycles. The Morgan fingerprint density at radius 3 is 2.49 bits per heavy atom. The summed E-state index contributed by atoms with van der Waals surface area (Å²) < 4.78 is 30.7. The first-order chi connectivity index (χ1) is 16.7. The van der Waals surface area contributed by atoms with Gasteiger partial charge in [-0.2, -0.15) is 0 Å². The smallest absolute Gasteiger partial charge is 0.254 e. The number of ether oxygens (including phenoxy) is 1. The van der Waals surface area contributed by atoms with Crippen LogP contribution in [0, 0.1) is 6.92 Å². The first-order valence-electron chi connectivity index (χ1n) is 11.6. The quantitative estimate of drug-likeness (QED) is 0.446. The Labute approximate surface area is 204 Å². The van der Waals surface area contributed by atoms with Crippen molar-refractivity contribution in [2.24, 2.45) is 0 Å². The average Bonchev–Trinajstić information content (AvgIpc) is 3.09. The van der Waals surface area contributed by atoms with Gasteiger partial charge < -0.3 is 14.6 Å². The Bertz CT molecular complexity index is 1520. The highest BCUT2D eigenvalue weighted by molar-refractivity contribution is 7.92. The normalized spacial score (nSPS) is 14.0. The van der Waals surface area contributed by atoms with Crippen molar-refractivity contribution in [2.45, 2.75) is 37.5 Å². The van der Waals surface area contributed by atoms with Crippen molar-refractivity contribution in [3.05, 3.63) is 77.6 Å². The minimum Gasteiger partial charge on any atom is -0.491 e. The molecule has 1 N–H and O–H groups in total. The van der Waals surface area contributed by atoms with Crippen LogP contribution in [0.1, 0.15) is 35.6 Å². The Morgan fingerprint density at radius 1 is 1.03 bits per heavy atom. The Kier molecular flexibility index (Phi) is 5.84. The maximum Gasteiger partial charge on any atom is 0.254 e. The third kappa shape index (κ3) is 4.41. The number of benzene rings is 3. The van der Waals surface area contributed by atoms with E-state index in [2.05, 4.69) is 22.1 Å². The Morgan fingerprint density at radius 2 is 1.74 bits per heavy atom. The number of nitrogens with one attached hydrogen (secondary N) is 1. The summed E-state index contributed by atoms with van der Waals surface area (Å²) in [4.78, 5) is 23.0. The second kappa shape index (κ2) is 8.85. The number of amides is 1. The molecule has 1 aliphatic heterocycles. The highest BCUT2D eigenvalue weighted by atomic mass is 32.2. The van der Waals surface area contributed by atoms with Crippen LogP contribution >= 0.6 is 0 Å². The molecule has 1 aliphatic rings. The van der Waals surface area contributed by atoms with Crippen LogP contribution < -0.4 is 4.74 Å². The number of sulfone groups is 1. The van der Waals surface area contributed by atoms with Gasteiger partial charge in [0.25, 0.3) is 5.91 Å². The van der Waals surface area contributed by atoms with Crippen molar-refractivity contribution < 1.29 is 17.9 Å². The zero-order valence-electron chi connectivity index (χ0n) is 19.9. The summed E-state index contributed by atoms with van der Waals surface area (Å²) in [6, 6.07) is 18.3. The summed E-state index contributed by atoms with van der Waals surface area (Å²) in [7, 11) is -3.38. The van der Waals surface area contributed by atoms with E-state index in [1.54, 1.807) is 30.9 Å². The lowest BCUT2D eigenvalue weighted by molar-refractivity contribution is 0.0733. The van der Waals surface area contributed by atoms with Crippen molar-refractivity contribution in [2.75, 3.05) is 13.2 Å². The minimum absolute atomic E-state index is 0.158. The molecular formula is C27H27N3O4S. The van der Waals surface area contributed by atoms with Gasteiger partial charge in [0.05, 0.1) is 27.7 Å². The molecule has 35 heavy (non-hydrogen) atoms. The van der Waals surface area contributed by atoms with Crippen molar-refractivity contribution >= 4 is 26.8 Å². The van der Waals surface area contributed by atoms with Crippen LogP contribution in [0.25, 0.3) is 22.2 Å². The summed E-state index contributed by atoms with van der Waals surface area (Å²) in [6.45, 7) is 6.45. The predicted octanol–water partition coefficient (Wildman–Crippen LogP) is 4.76. The topological polar surface area (TPSA) is 92.4 Å². The summed E-state index contributed by atoms with van der Waals surface area (Å²) in [6.07, 6.45) is 0. The molecule has 180 valence electrons. The molecule has 0 saturated heterocycles. The zero-order chi connectivity index (χ0) is 24.7. The van der Waals surface area contributed by atoms with E-state index < -0.39 is 15.1 Å². The lowest BCUT2D eigenvalue weighted by Gasteiger charge is -2.20. The van der Waals surface area contributed by atoms with Crippen LogP contribution in [-0.2, 0) is 16.4 Å². The fourth-order valence-corrected chi connectivity index (χ4v) is 5.37. The van der Waals surface area contributed by atoms with Crippen LogP contribution in [0.3, 0.4) is 0 Å². The fraction of sp³-hybridized carbons (Fsp3) is 0.259.